The Labute approximate surface area is 137 Å². The second kappa shape index (κ2) is 5.64. The fourth-order valence-electron chi connectivity index (χ4n) is 2.27. The summed E-state index contributed by atoms with van der Waals surface area (Å²) in [4.78, 5) is 22.8. The minimum atomic E-state index is -3.15. The van der Waals surface area contributed by atoms with Gasteiger partial charge in [0.05, 0.1) is 13.7 Å². The number of nitrogens with one attached hydrogen (secondary N) is 2. The summed E-state index contributed by atoms with van der Waals surface area (Å²) in [6.07, 6.45) is 1.20. The second-order valence-electron chi connectivity index (χ2n) is 5.30. The number of imidazole rings is 1. The summed E-state index contributed by atoms with van der Waals surface area (Å²) in [5.74, 6) is 0.696. The van der Waals surface area contributed by atoms with Gasteiger partial charge in [-0.15, -0.1) is 0 Å². The molecule has 0 bridgehead atoms. The third-order valence-electron chi connectivity index (χ3n) is 3.48. The van der Waals surface area contributed by atoms with Crippen LogP contribution >= 0.6 is 0 Å². The number of anilines is 1. The zero-order chi connectivity index (χ0) is 17.5. The van der Waals surface area contributed by atoms with E-state index in [1.807, 2.05) is 12.1 Å². The molecule has 1 atom stereocenters. The number of methoxy groups -OCH3 is 1. The van der Waals surface area contributed by atoms with Gasteiger partial charge >= 0.3 is 5.69 Å². The van der Waals surface area contributed by atoms with E-state index in [1.54, 1.807) is 19.2 Å². The molecular weight excluding hydrogens is 332 g/mol. The quantitative estimate of drug-likeness (QED) is 0.596. The van der Waals surface area contributed by atoms with Gasteiger partial charge in [0.15, 0.2) is 11.5 Å². The molecule has 1 unspecified atom stereocenters. The Morgan fingerprint density at radius 1 is 1.33 bits per heavy atom. The molecular formula is C14H16N6O3S. The van der Waals surface area contributed by atoms with E-state index in [2.05, 4.69) is 15.0 Å². The van der Waals surface area contributed by atoms with Crippen LogP contribution in [0.1, 0.15) is 5.56 Å². The van der Waals surface area contributed by atoms with Crippen LogP contribution in [0.15, 0.2) is 34.2 Å². The van der Waals surface area contributed by atoms with Crippen molar-refractivity contribution in [1.29, 1.82) is 4.78 Å². The summed E-state index contributed by atoms with van der Waals surface area (Å²) in [6, 6.07) is 7.21. The molecule has 0 saturated heterocycles. The second-order valence-corrected chi connectivity index (χ2v) is 7.35. The molecule has 0 aliphatic heterocycles. The van der Waals surface area contributed by atoms with Gasteiger partial charge in [-0.1, -0.05) is 12.1 Å². The lowest BCUT2D eigenvalue weighted by Crippen LogP contribution is -2.18. The molecule has 126 valence electrons. The lowest BCUT2D eigenvalue weighted by Gasteiger charge is -2.06. The molecule has 0 saturated carbocycles. The van der Waals surface area contributed by atoms with Crippen molar-refractivity contribution < 1.29 is 8.95 Å². The Morgan fingerprint density at radius 3 is 2.58 bits per heavy atom. The van der Waals surface area contributed by atoms with Crippen molar-refractivity contribution in [3.05, 3.63) is 40.3 Å². The molecule has 10 heteroatoms. The van der Waals surface area contributed by atoms with Crippen molar-refractivity contribution in [3.8, 4) is 5.75 Å². The van der Waals surface area contributed by atoms with Crippen molar-refractivity contribution in [1.82, 2.24) is 19.5 Å². The molecule has 1 aromatic carbocycles. The normalized spacial score (nSPS) is 13.8. The first-order valence-corrected chi connectivity index (χ1v) is 8.89. The molecule has 9 nitrogen and oxygen atoms in total. The predicted molar refractivity (Wildman–Crippen MR) is 89.7 cm³/mol. The Kier molecular flexibility index (Phi) is 3.76. The predicted octanol–water partition coefficient (Wildman–Crippen LogP) is 0.794. The zero-order valence-corrected chi connectivity index (χ0v) is 13.9. The molecule has 2 aromatic heterocycles. The Balaban J connectivity index is 2.14. The highest BCUT2D eigenvalue weighted by Gasteiger charge is 2.17. The lowest BCUT2D eigenvalue weighted by molar-refractivity contribution is 0.414. The summed E-state index contributed by atoms with van der Waals surface area (Å²) >= 11 is 0. The number of hydrogen-bond acceptors (Lipinski definition) is 7. The fraction of sp³-hybridized carbons (Fsp3) is 0.214. The number of benzene rings is 1. The van der Waals surface area contributed by atoms with E-state index in [9.17, 15) is 9.00 Å². The van der Waals surface area contributed by atoms with Crippen molar-refractivity contribution >= 4 is 26.7 Å². The largest absolute Gasteiger partial charge is 0.497 e. The van der Waals surface area contributed by atoms with Crippen LogP contribution in [-0.4, -0.2) is 37.1 Å². The van der Waals surface area contributed by atoms with Gasteiger partial charge in [-0.3, -0.25) is 4.57 Å². The SMILES string of the molecule is COc1ccc(Cn2c(=O)[nH]c3c(N)nc(S(C)(=N)=O)nc32)cc1. The zero-order valence-electron chi connectivity index (χ0n) is 13.1. The van der Waals surface area contributed by atoms with E-state index in [0.29, 0.717) is 5.75 Å². The molecule has 0 amide bonds. The van der Waals surface area contributed by atoms with Gasteiger partial charge in [0.1, 0.15) is 21.0 Å². The number of aromatic nitrogens is 4. The number of nitrogens with zero attached hydrogens (tertiary/aromatic N) is 3. The highest BCUT2D eigenvalue weighted by atomic mass is 32.2. The standard InChI is InChI=1S/C14H16N6O3S/c1-23-9-5-3-8(4-6-9)7-20-12-10(17-14(20)21)11(15)18-13(19-12)24(2,16)22/h3-6,16H,7H2,1-2H3,(H,17,21)(H2,15,18,19). The van der Waals surface area contributed by atoms with Crippen LogP contribution < -0.4 is 16.2 Å². The number of nitrogen functional groups attached to an aromatic ring is 1. The van der Waals surface area contributed by atoms with E-state index in [-0.39, 0.29) is 28.7 Å². The van der Waals surface area contributed by atoms with Gasteiger partial charge in [0, 0.05) is 6.26 Å². The summed E-state index contributed by atoms with van der Waals surface area (Å²) in [7, 11) is -1.58. The smallest absolute Gasteiger partial charge is 0.328 e. The number of rotatable bonds is 4. The third kappa shape index (κ3) is 2.83. The molecule has 24 heavy (non-hydrogen) atoms. The maximum Gasteiger partial charge on any atom is 0.328 e. The highest BCUT2D eigenvalue weighted by molar-refractivity contribution is 7.91. The number of fused-ring (bicyclic) bond motifs is 1. The number of ether oxygens (including phenoxy) is 1. The molecule has 0 fully saturated rings. The summed E-state index contributed by atoms with van der Waals surface area (Å²) in [6.45, 7) is 0.238. The maximum absolute atomic E-state index is 12.2. The Bertz CT molecular complexity index is 1070. The molecule has 2 heterocycles. The summed E-state index contributed by atoms with van der Waals surface area (Å²) in [5.41, 5.74) is 6.73. The minimum absolute atomic E-state index is 0.0117. The topological polar surface area (TPSA) is 140 Å². The first kappa shape index (κ1) is 16.0. The highest BCUT2D eigenvalue weighted by Crippen LogP contribution is 2.18. The molecule has 3 aromatic rings. The molecule has 0 spiro atoms. The monoisotopic (exact) mass is 348 g/mol. The van der Waals surface area contributed by atoms with Gasteiger partial charge in [-0.05, 0) is 17.7 Å². The van der Waals surface area contributed by atoms with Gasteiger partial charge in [-0.25, -0.2) is 18.8 Å². The lowest BCUT2D eigenvalue weighted by atomic mass is 10.2. The Hall–Kier alpha value is -2.88. The number of H-pyrrole nitrogens is 1. The molecule has 3 rings (SSSR count). The number of aromatic amines is 1. The van der Waals surface area contributed by atoms with Crippen molar-refractivity contribution in [2.45, 2.75) is 11.7 Å². The van der Waals surface area contributed by atoms with E-state index < -0.39 is 15.4 Å². The van der Waals surface area contributed by atoms with E-state index in [4.69, 9.17) is 15.3 Å². The minimum Gasteiger partial charge on any atom is -0.497 e. The van der Waals surface area contributed by atoms with Crippen LogP contribution in [0.4, 0.5) is 5.82 Å². The summed E-state index contributed by atoms with van der Waals surface area (Å²) < 4.78 is 26.0. The van der Waals surface area contributed by atoms with Crippen LogP contribution in [0, 0.1) is 4.78 Å². The van der Waals surface area contributed by atoms with Gasteiger partial charge in [0.2, 0.25) is 5.16 Å². The van der Waals surface area contributed by atoms with Crippen LogP contribution in [-0.2, 0) is 16.3 Å². The molecule has 0 radical (unpaired) electrons. The molecule has 4 N–H and O–H groups in total. The first-order valence-electron chi connectivity index (χ1n) is 6.92. The summed E-state index contributed by atoms with van der Waals surface area (Å²) in [5, 5.41) is -0.199. The van der Waals surface area contributed by atoms with Crippen molar-refractivity contribution in [3.63, 3.8) is 0 Å². The maximum atomic E-state index is 12.2. The van der Waals surface area contributed by atoms with Crippen molar-refractivity contribution in [2.75, 3.05) is 19.1 Å². The Morgan fingerprint density at radius 2 is 2.00 bits per heavy atom. The number of hydrogen-bond donors (Lipinski definition) is 3. The van der Waals surface area contributed by atoms with Crippen molar-refractivity contribution in [2.24, 2.45) is 0 Å². The first-order chi connectivity index (χ1) is 11.3. The van der Waals surface area contributed by atoms with Crippen LogP contribution in [0.3, 0.4) is 0 Å². The third-order valence-corrected chi connectivity index (χ3v) is 4.36. The van der Waals surface area contributed by atoms with E-state index in [1.165, 1.54) is 10.8 Å². The van der Waals surface area contributed by atoms with Crippen LogP contribution in [0.25, 0.3) is 11.2 Å². The van der Waals surface area contributed by atoms with Gasteiger partial charge in [0.25, 0.3) is 0 Å². The average Bonchev–Trinajstić information content (AvgIpc) is 2.84. The average molecular weight is 348 g/mol. The number of nitrogens with two attached hydrogens (primary N) is 1. The van der Waals surface area contributed by atoms with Crippen LogP contribution in [0.2, 0.25) is 0 Å². The van der Waals surface area contributed by atoms with E-state index >= 15 is 0 Å². The fourth-order valence-corrected chi connectivity index (χ4v) is 2.80. The molecule has 0 aliphatic carbocycles. The van der Waals surface area contributed by atoms with E-state index in [0.717, 1.165) is 5.56 Å². The van der Waals surface area contributed by atoms with Gasteiger partial charge < -0.3 is 15.5 Å². The molecule has 0 aliphatic rings. The van der Waals surface area contributed by atoms with Gasteiger partial charge in [-0.2, -0.15) is 4.98 Å². The van der Waals surface area contributed by atoms with Crippen LogP contribution in [0.5, 0.6) is 5.75 Å².